The van der Waals surface area contributed by atoms with Crippen molar-refractivity contribution in [2.24, 2.45) is 0 Å². The van der Waals surface area contributed by atoms with Gasteiger partial charge in [0.25, 0.3) is 0 Å². The molecule has 6 nitrogen and oxygen atoms in total. The second kappa shape index (κ2) is 32.7. The third-order valence-electron chi connectivity index (χ3n) is 18.8. The van der Waals surface area contributed by atoms with Crippen LogP contribution in [-0.4, -0.2) is 32.0 Å². The molecule has 0 saturated heterocycles. The Morgan fingerprint density at radius 2 is 0.670 bits per heavy atom. The Labute approximate surface area is 661 Å². The minimum atomic E-state index is -0.231. The predicted octanol–water partition coefficient (Wildman–Crippen LogP) is 23.2. The minimum Gasteiger partial charge on any atom is -0.540 e. The zero-order valence-corrected chi connectivity index (χ0v) is 67.7. The second-order valence-electron chi connectivity index (χ2n) is 24.3. The Hall–Kier alpha value is -9.14. The SMILES string of the molecule is CCc1cc[c-]c2c1ccc1c3ccccc3cnc21.COc1c[c-]c2c(ccc3c4ccccc4cnc23)c1.Cc1c[c-]c2c(ccc3c4ccccc4cnc23)c1C.Fc1cc2c3ccccc3cnc2c2[c-]cccc12.Fc1cc[c-]c2c1ccc1c3ccccc3cnc21.[Ir].[Ir].[Ir].[Ir].[Ir]. The Morgan fingerprint density at radius 3 is 1.16 bits per heavy atom. The number of halogens is 2. The van der Waals surface area contributed by atoms with Crippen molar-refractivity contribution < 1.29 is 114 Å². The van der Waals surface area contributed by atoms with E-state index in [1.54, 1.807) is 43.5 Å². The van der Waals surface area contributed by atoms with Crippen molar-refractivity contribution in [1.29, 1.82) is 0 Å². The Morgan fingerprint density at radius 1 is 0.311 bits per heavy atom. The van der Waals surface area contributed by atoms with Crippen LogP contribution in [0.2, 0.25) is 0 Å². The Balaban J connectivity index is 0.000000128. The van der Waals surface area contributed by atoms with Crippen LogP contribution in [0.5, 0.6) is 5.75 Å². The largest absolute Gasteiger partial charge is 0.540 e. The van der Waals surface area contributed by atoms with Crippen molar-refractivity contribution in [3.63, 3.8) is 0 Å². The van der Waals surface area contributed by atoms with Crippen molar-refractivity contribution in [2.45, 2.75) is 27.2 Å². The number of fused-ring (bicyclic) bond motifs is 25. The zero-order valence-electron chi connectivity index (χ0n) is 55.7. The monoisotopic (exact) mass is 2230 g/mol. The first kappa shape index (κ1) is 75.0. The van der Waals surface area contributed by atoms with E-state index < -0.39 is 0 Å². The number of pyridine rings is 5. The fourth-order valence-corrected chi connectivity index (χ4v) is 13.7. The summed E-state index contributed by atoms with van der Waals surface area (Å²) in [5, 5.41) is 26.5. The summed E-state index contributed by atoms with van der Waals surface area (Å²) >= 11 is 0. The minimum absolute atomic E-state index is 0. The first-order valence-corrected chi connectivity index (χ1v) is 32.6. The van der Waals surface area contributed by atoms with E-state index in [1.807, 2.05) is 104 Å². The van der Waals surface area contributed by atoms with Crippen LogP contribution in [0, 0.1) is 55.8 Å². The van der Waals surface area contributed by atoms with Gasteiger partial charge in [0, 0.05) is 143 Å². The van der Waals surface area contributed by atoms with Crippen molar-refractivity contribution >= 4 is 162 Å². The molecule has 0 aliphatic heterocycles. The molecular formula is C90H58F2Ir5N5O-5. The third kappa shape index (κ3) is 14.3. The molecule has 103 heavy (non-hydrogen) atoms. The van der Waals surface area contributed by atoms with Crippen LogP contribution < -0.4 is 4.74 Å². The summed E-state index contributed by atoms with van der Waals surface area (Å²) in [4.78, 5) is 22.9. The van der Waals surface area contributed by atoms with E-state index in [0.717, 1.165) is 115 Å². The molecule has 20 aromatic rings. The fourth-order valence-electron chi connectivity index (χ4n) is 13.7. The molecule has 13 heteroatoms. The molecule has 0 unspecified atom stereocenters. The van der Waals surface area contributed by atoms with Gasteiger partial charge in [0.2, 0.25) is 0 Å². The summed E-state index contributed by atoms with van der Waals surface area (Å²) in [6, 6.07) is 94.1. The third-order valence-corrected chi connectivity index (χ3v) is 18.8. The average molecular weight is 2220 g/mol. The number of ether oxygens (including phenoxy) is 1. The quantitative estimate of drug-likeness (QED) is 0.127. The van der Waals surface area contributed by atoms with Crippen molar-refractivity contribution in [2.75, 3.05) is 7.11 Å². The molecule has 0 aliphatic rings. The molecule has 15 aromatic carbocycles. The van der Waals surface area contributed by atoms with Crippen LogP contribution in [0.1, 0.15) is 23.6 Å². The van der Waals surface area contributed by atoms with Crippen LogP contribution in [0.25, 0.3) is 162 Å². The van der Waals surface area contributed by atoms with E-state index in [4.69, 9.17) is 4.74 Å². The number of benzene rings is 15. The van der Waals surface area contributed by atoms with E-state index in [9.17, 15) is 8.78 Å². The smallest absolute Gasteiger partial charge is 0.0885 e. The molecule has 0 bridgehead atoms. The molecule has 513 valence electrons. The topological polar surface area (TPSA) is 73.7 Å². The van der Waals surface area contributed by atoms with Crippen molar-refractivity contribution in [3.8, 4) is 5.75 Å². The summed E-state index contributed by atoms with van der Waals surface area (Å²) in [7, 11) is 1.67. The number of nitrogens with zero attached hydrogens (tertiary/aromatic N) is 5. The maximum absolute atomic E-state index is 14.2. The molecule has 5 radical (unpaired) electrons. The van der Waals surface area contributed by atoms with E-state index in [1.165, 1.54) is 71.2 Å². The van der Waals surface area contributed by atoms with Crippen molar-refractivity contribution in [1.82, 2.24) is 24.9 Å². The summed E-state index contributed by atoms with van der Waals surface area (Å²) in [6.45, 7) is 6.48. The standard InChI is InChI=1S/2C19H14N.C18H12NO.2C17H9FN.5Ir/c1-12-7-8-17-15(13(12)2)9-10-18-16-6-4-3-5-14(16)11-20-19(17)18;1-2-13-7-5-9-17-16(13)10-11-18-15-8-4-3-6-14(15)12-20-19(17)18;1-20-14-7-9-16-12(10-14)6-8-17-15-5-3-2-4-13(15)11-19-18(16)17;18-16-9-15-12-6-2-1-5-11(12)10-19-17(15)14-8-4-3-7-13(14)16;18-16-7-3-6-14-13(16)8-9-15-12-5-2-1-4-11(12)10-19-17(14)15;;;;;/h3-7,9-11H,1-2H3;3-8,10-12H,2H2,1H3;2-8,10-11H,1H3;1-7,9-10H;1-5,7-10H;;;;;/q5*-1;;;;;. The van der Waals surface area contributed by atoms with E-state index in [0.29, 0.717) is 10.8 Å². The van der Waals surface area contributed by atoms with Gasteiger partial charge in [-0.05, 0) is 121 Å². The van der Waals surface area contributed by atoms with Crippen LogP contribution in [-0.2, 0) is 107 Å². The molecule has 0 fully saturated rings. The molecule has 20 rings (SSSR count). The summed E-state index contributed by atoms with van der Waals surface area (Å²) in [5.74, 6) is 0.362. The molecule has 5 heterocycles. The van der Waals surface area contributed by atoms with Crippen molar-refractivity contribution in [3.05, 3.63) is 326 Å². The molecule has 0 N–H and O–H groups in total. The first-order valence-electron chi connectivity index (χ1n) is 32.6. The molecule has 0 atom stereocenters. The first-order chi connectivity index (χ1) is 48.2. The Bertz CT molecular complexity index is 6560. The van der Waals surface area contributed by atoms with E-state index >= 15 is 0 Å². The normalized spacial score (nSPS) is 10.9. The van der Waals surface area contributed by atoms with Crippen LogP contribution in [0.3, 0.4) is 0 Å². The van der Waals surface area contributed by atoms with Gasteiger partial charge in [-0.1, -0.05) is 207 Å². The van der Waals surface area contributed by atoms with Gasteiger partial charge in [-0.25, -0.2) is 8.78 Å². The number of aromatic nitrogens is 5. The van der Waals surface area contributed by atoms with Gasteiger partial charge in [-0.2, -0.15) is 0 Å². The Kier molecular flexibility index (Phi) is 23.8. The molecule has 0 aliphatic carbocycles. The summed E-state index contributed by atoms with van der Waals surface area (Å²) in [5.41, 5.74) is 8.64. The number of rotatable bonds is 2. The van der Waals surface area contributed by atoms with Crippen LogP contribution in [0.15, 0.2) is 268 Å². The molecule has 0 saturated carbocycles. The zero-order chi connectivity index (χ0) is 66.4. The maximum Gasteiger partial charge on any atom is 0.0885 e. The molecule has 5 aromatic heterocycles. The van der Waals surface area contributed by atoms with Gasteiger partial charge < -0.3 is 29.7 Å². The van der Waals surface area contributed by atoms with Gasteiger partial charge in [0.05, 0.1) is 12.9 Å². The van der Waals surface area contributed by atoms with Crippen LogP contribution in [0.4, 0.5) is 8.78 Å². The maximum atomic E-state index is 14.2. The molecule has 0 amide bonds. The van der Waals surface area contributed by atoms with Crippen LogP contribution >= 0.6 is 0 Å². The van der Waals surface area contributed by atoms with Gasteiger partial charge >= 0.3 is 0 Å². The molecule has 0 spiro atoms. The fraction of sp³-hybridized carbons (Fsp3) is 0.0556. The average Bonchev–Trinajstić information content (AvgIpc) is 0.783. The summed E-state index contributed by atoms with van der Waals surface area (Å²) in [6.07, 6.45) is 10.5. The van der Waals surface area contributed by atoms with Gasteiger partial charge in [-0.3, -0.25) is 0 Å². The number of aryl methyl sites for hydroxylation is 3. The van der Waals surface area contributed by atoms with E-state index in [-0.39, 0.29) is 112 Å². The second-order valence-corrected chi connectivity index (χ2v) is 24.3. The van der Waals surface area contributed by atoms with E-state index in [2.05, 4.69) is 197 Å². The number of hydrogen-bond donors (Lipinski definition) is 0. The summed E-state index contributed by atoms with van der Waals surface area (Å²) < 4.78 is 33.2. The number of hydrogen-bond acceptors (Lipinski definition) is 6. The van der Waals surface area contributed by atoms with Gasteiger partial charge in [-0.15, -0.1) is 145 Å². The van der Waals surface area contributed by atoms with Gasteiger partial charge in [0.1, 0.15) is 0 Å². The number of methoxy groups -OCH3 is 1. The molecular weight excluding hydrogens is 2170 g/mol. The van der Waals surface area contributed by atoms with Gasteiger partial charge in [0.15, 0.2) is 0 Å². The predicted molar refractivity (Wildman–Crippen MR) is 403 cm³/mol.